The minimum Gasteiger partial charge on any atom is -0.351 e. The van der Waals surface area contributed by atoms with Crippen molar-refractivity contribution >= 4 is 58.1 Å². The molecule has 2 fully saturated rings. The molecule has 0 spiro atoms. The molecule has 2 aromatic heterocycles. The monoisotopic (exact) mass is 616 g/mol. The highest BCUT2D eigenvalue weighted by molar-refractivity contribution is 6.35. The molecule has 14 heteroatoms. The highest BCUT2D eigenvalue weighted by atomic mass is 35.5. The number of anilines is 2. The van der Waals surface area contributed by atoms with E-state index in [1.807, 2.05) is 0 Å². The molecule has 2 atom stereocenters. The molecular weight excluding hydrogens is 596 g/mol. The maximum Gasteiger partial charge on any atom is 0.252 e. The molecule has 1 aliphatic carbocycles. The lowest BCUT2D eigenvalue weighted by Crippen LogP contribution is -2.56. The zero-order valence-corrected chi connectivity index (χ0v) is 23.1. The number of benzene rings is 1. The van der Waals surface area contributed by atoms with E-state index in [9.17, 15) is 27.6 Å². The molecule has 1 aromatic carbocycles. The first-order chi connectivity index (χ1) is 20.0. The molecule has 3 aromatic rings. The van der Waals surface area contributed by atoms with Crippen molar-refractivity contribution < 1.29 is 27.6 Å². The number of carbonyl (C=O) groups is 3. The summed E-state index contributed by atoms with van der Waals surface area (Å²) < 4.78 is 41.7. The predicted octanol–water partition coefficient (Wildman–Crippen LogP) is 5.66. The molecular formula is C28H21Cl2F3N6O3. The molecule has 216 valence electrons. The van der Waals surface area contributed by atoms with Gasteiger partial charge < -0.3 is 5.32 Å². The average molecular weight is 617 g/mol. The van der Waals surface area contributed by atoms with Gasteiger partial charge in [-0.25, -0.2) is 23.0 Å². The normalized spacial score (nSPS) is 18.6. The van der Waals surface area contributed by atoms with Gasteiger partial charge in [-0.05, 0) is 30.7 Å². The summed E-state index contributed by atoms with van der Waals surface area (Å²) in [6.45, 7) is 7.29. The fourth-order valence-corrected chi connectivity index (χ4v) is 5.59. The molecule has 1 saturated carbocycles. The van der Waals surface area contributed by atoms with E-state index in [4.69, 9.17) is 29.8 Å². The van der Waals surface area contributed by atoms with Crippen LogP contribution in [0.25, 0.3) is 4.85 Å². The fraction of sp³-hybridized carbons (Fsp3) is 0.286. The second-order valence-corrected chi connectivity index (χ2v) is 10.8. The van der Waals surface area contributed by atoms with Crippen molar-refractivity contribution in [3.63, 3.8) is 0 Å². The maximum atomic E-state index is 14.5. The topological polar surface area (TPSA) is 99.9 Å². The quantitative estimate of drug-likeness (QED) is 0.345. The van der Waals surface area contributed by atoms with Crippen LogP contribution in [0.3, 0.4) is 0 Å². The first-order valence-corrected chi connectivity index (χ1v) is 13.5. The van der Waals surface area contributed by atoms with E-state index in [0.29, 0.717) is 0 Å². The van der Waals surface area contributed by atoms with E-state index in [0.717, 1.165) is 28.3 Å². The number of rotatable bonds is 7. The molecule has 1 saturated heterocycles. The Morgan fingerprint density at radius 3 is 2.60 bits per heavy atom. The SMILES string of the molecule is [C-]#[N+]c1ccnc(N2C(=O)CC[C@H]2C(=O)N(c2cncc(F)c2)[C@H](C(=O)NC2CC(F)(F)C2)c2ccc(Cl)cc2Cl)c1. The number of hydrogen-bond donors (Lipinski definition) is 1. The van der Waals surface area contributed by atoms with Gasteiger partial charge in [-0.15, -0.1) is 0 Å². The lowest BCUT2D eigenvalue weighted by atomic mass is 9.87. The number of alkyl halides is 2. The maximum absolute atomic E-state index is 14.5. The molecule has 0 bridgehead atoms. The molecule has 5 rings (SSSR count). The first kappa shape index (κ1) is 29.3. The van der Waals surface area contributed by atoms with Gasteiger partial charge in [0.15, 0.2) is 5.69 Å². The average Bonchev–Trinajstić information content (AvgIpc) is 3.32. The molecule has 2 aliphatic rings. The van der Waals surface area contributed by atoms with Crippen LogP contribution < -0.4 is 15.1 Å². The zero-order valence-electron chi connectivity index (χ0n) is 21.6. The fourth-order valence-electron chi connectivity index (χ4n) is 5.07. The van der Waals surface area contributed by atoms with E-state index in [1.165, 1.54) is 36.5 Å². The second kappa shape index (κ2) is 11.6. The Labute approximate surface area is 248 Å². The zero-order chi connectivity index (χ0) is 30.2. The van der Waals surface area contributed by atoms with Crippen molar-refractivity contribution in [1.29, 1.82) is 0 Å². The van der Waals surface area contributed by atoms with Crippen molar-refractivity contribution in [2.45, 2.75) is 49.7 Å². The van der Waals surface area contributed by atoms with Crippen molar-refractivity contribution in [3.8, 4) is 0 Å². The summed E-state index contributed by atoms with van der Waals surface area (Å²) in [6, 6.07) is 4.23. The van der Waals surface area contributed by atoms with Crippen LogP contribution in [0.5, 0.6) is 0 Å². The van der Waals surface area contributed by atoms with Crippen molar-refractivity contribution in [2.75, 3.05) is 9.80 Å². The van der Waals surface area contributed by atoms with Crippen LogP contribution in [0.2, 0.25) is 10.0 Å². The van der Waals surface area contributed by atoms with Gasteiger partial charge in [-0.2, -0.15) is 0 Å². The molecule has 1 N–H and O–H groups in total. The third-order valence-electron chi connectivity index (χ3n) is 7.01. The Bertz CT molecular complexity index is 1610. The van der Waals surface area contributed by atoms with E-state index in [-0.39, 0.29) is 45.6 Å². The number of carbonyl (C=O) groups excluding carboxylic acids is 3. The van der Waals surface area contributed by atoms with Gasteiger partial charge in [0, 0.05) is 53.2 Å². The molecule has 42 heavy (non-hydrogen) atoms. The van der Waals surface area contributed by atoms with Crippen molar-refractivity contribution in [2.24, 2.45) is 0 Å². The summed E-state index contributed by atoms with van der Waals surface area (Å²) in [5.41, 5.74) is 0.109. The summed E-state index contributed by atoms with van der Waals surface area (Å²) in [6.07, 6.45) is 2.15. The van der Waals surface area contributed by atoms with Gasteiger partial charge in [0.25, 0.3) is 11.8 Å². The Morgan fingerprint density at radius 1 is 1.17 bits per heavy atom. The molecule has 0 unspecified atom stereocenters. The van der Waals surface area contributed by atoms with Crippen LogP contribution in [0.15, 0.2) is 55.0 Å². The summed E-state index contributed by atoms with van der Waals surface area (Å²) in [5.74, 6) is -5.84. The number of nitrogens with one attached hydrogen (secondary N) is 1. The number of nitrogens with zero attached hydrogens (tertiary/aromatic N) is 5. The third-order valence-corrected chi connectivity index (χ3v) is 7.57. The van der Waals surface area contributed by atoms with Gasteiger partial charge in [0.1, 0.15) is 23.7 Å². The van der Waals surface area contributed by atoms with E-state index in [2.05, 4.69) is 20.1 Å². The van der Waals surface area contributed by atoms with Crippen LogP contribution >= 0.6 is 23.2 Å². The lowest BCUT2D eigenvalue weighted by molar-refractivity contribution is -0.133. The van der Waals surface area contributed by atoms with Crippen LogP contribution in [0, 0.1) is 12.4 Å². The van der Waals surface area contributed by atoms with Gasteiger partial charge in [-0.1, -0.05) is 29.3 Å². The van der Waals surface area contributed by atoms with Crippen LogP contribution in [0.4, 0.5) is 30.4 Å². The second-order valence-electron chi connectivity index (χ2n) is 9.91. The summed E-state index contributed by atoms with van der Waals surface area (Å²) in [5, 5.41) is 2.75. The highest BCUT2D eigenvalue weighted by Crippen LogP contribution is 2.40. The number of aromatic nitrogens is 2. The summed E-state index contributed by atoms with van der Waals surface area (Å²) >= 11 is 12.6. The van der Waals surface area contributed by atoms with E-state index in [1.54, 1.807) is 0 Å². The predicted molar refractivity (Wildman–Crippen MR) is 148 cm³/mol. The lowest BCUT2D eigenvalue weighted by Gasteiger charge is -2.39. The van der Waals surface area contributed by atoms with Gasteiger partial charge >= 0.3 is 0 Å². The molecule has 9 nitrogen and oxygen atoms in total. The standard InChI is InChI=1S/C28H21Cl2F3N6O3/c1-34-17-6-7-36-23(10-17)39-22(4-5-24(39)40)27(42)38(19-9-16(31)13-35-14-19)25(20-3-2-15(29)8-21(20)30)26(41)37-18-11-28(32,33)12-18/h2-3,6-10,13-14,18,22,25H,4-5,11-12H2,(H,37,41)/t22-,25-/m0/s1. The summed E-state index contributed by atoms with van der Waals surface area (Å²) in [4.78, 5) is 54.7. The van der Waals surface area contributed by atoms with Gasteiger partial charge in [0.05, 0.1) is 24.7 Å². The minimum atomic E-state index is -2.94. The number of hydrogen-bond acceptors (Lipinski definition) is 5. The number of pyridine rings is 2. The largest absolute Gasteiger partial charge is 0.351 e. The van der Waals surface area contributed by atoms with Crippen LogP contribution in [-0.4, -0.2) is 45.7 Å². The van der Waals surface area contributed by atoms with E-state index < -0.39 is 60.4 Å². The smallest absolute Gasteiger partial charge is 0.252 e. The highest BCUT2D eigenvalue weighted by Gasteiger charge is 2.48. The van der Waals surface area contributed by atoms with Gasteiger partial charge in [-0.3, -0.25) is 29.2 Å². The van der Waals surface area contributed by atoms with Crippen LogP contribution in [0.1, 0.15) is 37.3 Å². The molecule has 0 radical (unpaired) electrons. The number of amides is 3. The van der Waals surface area contributed by atoms with Crippen molar-refractivity contribution in [3.05, 3.63) is 87.8 Å². The third kappa shape index (κ3) is 5.89. The molecule has 1 aliphatic heterocycles. The summed E-state index contributed by atoms with van der Waals surface area (Å²) in [7, 11) is 0. The molecule has 3 amide bonds. The van der Waals surface area contributed by atoms with Crippen molar-refractivity contribution in [1.82, 2.24) is 15.3 Å². The Morgan fingerprint density at radius 2 is 1.93 bits per heavy atom. The molecule has 3 heterocycles. The van der Waals surface area contributed by atoms with E-state index >= 15 is 0 Å². The minimum absolute atomic E-state index is 0.0123. The number of halogens is 5. The van der Waals surface area contributed by atoms with Gasteiger partial charge in [0.2, 0.25) is 11.8 Å². The Hall–Kier alpha value is -4.21. The Kier molecular flexibility index (Phi) is 8.08. The first-order valence-electron chi connectivity index (χ1n) is 12.7. The van der Waals surface area contributed by atoms with Crippen LogP contribution in [-0.2, 0) is 14.4 Å². The Balaban J connectivity index is 1.62.